The fourth-order valence-corrected chi connectivity index (χ4v) is 7.09. The van der Waals surface area contributed by atoms with Crippen molar-refractivity contribution in [2.75, 3.05) is 13.7 Å². The average molecular weight is 667 g/mol. The van der Waals surface area contributed by atoms with Crippen molar-refractivity contribution in [2.45, 2.75) is 29.7 Å². The Morgan fingerprint density at radius 3 is 2.62 bits per heavy atom. The number of allylic oxidation sites excluding steroid dienone is 1. The van der Waals surface area contributed by atoms with Crippen LogP contribution in [0.5, 0.6) is 5.75 Å². The molecule has 0 bridgehead atoms. The van der Waals surface area contributed by atoms with E-state index in [-0.39, 0.29) is 23.4 Å². The number of esters is 1. The molecular weight excluding hydrogens is 642 g/mol. The first kappa shape index (κ1) is 29.5. The number of fused-ring (bicyclic) bond motifs is 1. The van der Waals surface area contributed by atoms with Crippen molar-refractivity contribution >= 4 is 56.8 Å². The number of rotatable bonds is 8. The van der Waals surface area contributed by atoms with E-state index < -0.39 is 16.9 Å². The third-order valence-corrected chi connectivity index (χ3v) is 9.17. The SMILES string of the molecule is CCOC(=O)C1=C(C)N=c2s/c(=C\c3cc([N+](=O)[O-])ccc3Sc3ccccc3)c(=O)n2[C@@H]1c1ccc(OC)c(Br)c1. The lowest BCUT2D eigenvalue weighted by Gasteiger charge is -2.25. The van der Waals surface area contributed by atoms with Crippen LogP contribution in [0, 0.1) is 10.1 Å². The summed E-state index contributed by atoms with van der Waals surface area (Å²) in [6, 6.07) is 18.7. The van der Waals surface area contributed by atoms with E-state index in [0.29, 0.717) is 36.4 Å². The minimum Gasteiger partial charge on any atom is -0.496 e. The monoisotopic (exact) mass is 665 g/mol. The Kier molecular flexibility index (Phi) is 8.76. The number of hydrogen-bond acceptors (Lipinski definition) is 9. The lowest BCUT2D eigenvalue weighted by Crippen LogP contribution is -2.40. The van der Waals surface area contributed by atoms with Crippen molar-refractivity contribution in [3.63, 3.8) is 0 Å². The standard InChI is InChI=1S/C30H24BrN3O6S2/c1-4-40-29(36)26-17(2)32-30-33(27(26)18-10-12-23(39-3)22(31)15-18)28(35)25(42-30)16-19-14-20(34(37)38)11-13-24(19)41-21-8-6-5-7-9-21/h5-16,27H,4H2,1-3H3/b25-16-/t27-/m1/s1. The lowest BCUT2D eigenvalue weighted by molar-refractivity contribution is -0.384. The molecule has 1 aliphatic rings. The Hall–Kier alpha value is -4.00. The predicted molar refractivity (Wildman–Crippen MR) is 165 cm³/mol. The minimum atomic E-state index is -0.812. The van der Waals surface area contributed by atoms with Crippen LogP contribution in [0.2, 0.25) is 0 Å². The van der Waals surface area contributed by atoms with Crippen molar-refractivity contribution in [2.24, 2.45) is 4.99 Å². The van der Waals surface area contributed by atoms with Gasteiger partial charge in [0, 0.05) is 21.9 Å². The van der Waals surface area contributed by atoms with E-state index in [1.165, 1.54) is 28.5 Å². The molecule has 1 atom stereocenters. The molecule has 3 aromatic carbocycles. The summed E-state index contributed by atoms with van der Waals surface area (Å²) in [7, 11) is 1.55. The van der Waals surface area contributed by atoms with Gasteiger partial charge in [-0.1, -0.05) is 47.4 Å². The maximum atomic E-state index is 14.1. The molecule has 1 aliphatic heterocycles. The molecule has 12 heteroatoms. The number of ether oxygens (including phenoxy) is 2. The molecule has 1 aromatic heterocycles. The van der Waals surface area contributed by atoms with Crippen LogP contribution in [0.4, 0.5) is 5.69 Å². The number of hydrogen-bond donors (Lipinski definition) is 0. The van der Waals surface area contributed by atoms with E-state index in [0.717, 1.165) is 21.1 Å². The van der Waals surface area contributed by atoms with Gasteiger partial charge in [-0.25, -0.2) is 9.79 Å². The average Bonchev–Trinajstić information content (AvgIpc) is 3.27. The number of benzene rings is 3. The Morgan fingerprint density at radius 2 is 1.95 bits per heavy atom. The third kappa shape index (κ3) is 5.83. The molecule has 0 saturated carbocycles. The van der Waals surface area contributed by atoms with Crippen molar-refractivity contribution in [3.05, 3.63) is 123 Å². The molecule has 4 aromatic rings. The Labute approximate surface area is 257 Å². The van der Waals surface area contributed by atoms with Crippen LogP contribution in [-0.4, -0.2) is 29.2 Å². The number of halogens is 1. The summed E-state index contributed by atoms with van der Waals surface area (Å²) >= 11 is 6.10. The van der Waals surface area contributed by atoms with Crippen LogP contribution in [-0.2, 0) is 9.53 Å². The van der Waals surface area contributed by atoms with Crippen molar-refractivity contribution in [3.8, 4) is 5.75 Å². The van der Waals surface area contributed by atoms with Gasteiger partial charge < -0.3 is 9.47 Å². The molecule has 0 unspecified atom stereocenters. The third-order valence-electron chi connectivity index (χ3n) is 6.47. The Balaban J connectivity index is 1.72. The Morgan fingerprint density at radius 1 is 1.19 bits per heavy atom. The quantitative estimate of drug-likeness (QED) is 0.136. The van der Waals surface area contributed by atoms with E-state index in [4.69, 9.17) is 9.47 Å². The minimum absolute atomic E-state index is 0.0900. The molecule has 5 rings (SSSR count). The van der Waals surface area contributed by atoms with Crippen LogP contribution < -0.4 is 19.6 Å². The molecule has 0 N–H and O–H groups in total. The predicted octanol–water partition coefficient (Wildman–Crippen LogP) is 5.63. The summed E-state index contributed by atoms with van der Waals surface area (Å²) in [4.78, 5) is 45.1. The van der Waals surface area contributed by atoms with Crippen molar-refractivity contribution in [1.82, 2.24) is 4.57 Å². The topological polar surface area (TPSA) is 113 Å². The van der Waals surface area contributed by atoms with Gasteiger partial charge in [-0.05, 0) is 77.3 Å². The normalized spacial score (nSPS) is 14.8. The van der Waals surface area contributed by atoms with Gasteiger partial charge in [0.05, 0.1) is 45.0 Å². The zero-order valence-corrected chi connectivity index (χ0v) is 25.9. The maximum Gasteiger partial charge on any atom is 0.338 e. The highest BCUT2D eigenvalue weighted by Crippen LogP contribution is 2.36. The molecule has 0 aliphatic carbocycles. The molecule has 42 heavy (non-hydrogen) atoms. The number of nitro benzene ring substituents is 1. The van der Waals surface area contributed by atoms with E-state index >= 15 is 0 Å². The summed E-state index contributed by atoms with van der Waals surface area (Å²) in [6.07, 6.45) is 1.65. The molecule has 0 radical (unpaired) electrons. The molecule has 0 amide bonds. The fraction of sp³-hybridized carbons (Fsp3) is 0.167. The summed E-state index contributed by atoms with van der Waals surface area (Å²) in [6.45, 7) is 3.59. The Bertz CT molecular complexity index is 1920. The second-order valence-electron chi connectivity index (χ2n) is 9.09. The van der Waals surface area contributed by atoms with Gasteiger partial charge in [0.15, 0.2) is 4.80 Å². The molecule has 9 nitrogen and oxygen atoms in total. The first-order chi connectivity index (χ1) is 20.2. The smallest absolute Gasteiger partial charge is 0.338 e. The van der Waals surface area contributed by atoms with Crippen molar-refractivity contribution in [1.29, 1.82) is 0 Å². The fourth-order valence-electron chi connectivity index (χ4n) is 4.57. The number of carbonyl (C=O) groups is 1. The van der Waals surface area contributed by atoms with E-state index in [1.807, 2.05) is 30.3 Å². The van der Waals surface area contributed by atoms with Gasteiger partial charge in [-0.15, -0.1) is 0 Å². The first-order valence-corrected chi connectivity index (χ1v) is 15.2. The van der Waals surface area contributed by atoms with Gasteiger partial charge in [0.2, 0.25) is 0 Å². The highest BCUT2D eigenvalue weighted by atomic mass is 79.9. The van der Waals surface area contributed by atoms with Crippen molar-refractivity contribution < 1.29 is 19.2 Å². The number of aromatic nitrogens is 1. The van der Waals surface area contributed by atoms with Gasteiger partial charge >= 0.3 is 5.97 Å². The number of carbonyl (C=O) groups excluding carboxylic acids is 1. The largest absolute Gasteiger partial charge is 0.496 e. The van der Waals surface area contributed by atoms with Crippen LogP contribution in [0.15, 0.2) is 102 Å². The molecule has 214 valence electrons. The van der Waals surface area contributed by atoms with E-state index in [2.05, 4.69) is 20.9 Å². The lowest BCUT2D eigenvalue weighted by atomic mass is 9.96. The second kappa shape index (κ2) is 12.5. The number of nitro groups is 1. The second-order valence-corrected chi connectivity index (χ2v) is 12.1. The highest BCUT2D eigenvalue weighted by Gasteiger charge is 2.33. The molecule has 0 fully saturated rings. The zero-order valence-electron chi connectivity index (χ0n) is 22.7. The van der Waals surface area contributed by atoms with Crippen LogP contribution in [0.3, 0.4) is 0 Å². The summed E-state index contributed by atoms with van der Waals surface area (Å²) in [5.74, 6) is 0.0314. The molecule has 0 saturated heterocycles. The van der Waals surface area contributed by atoms with Gasteiger partial charge in [-0.3, -0.25) is 19.5 Å². The maximum absolute atomic E-state index is 14.1. The number of methoxy groups -OCH3 is 1. The van der Waals surface area contributed by atoms with Crippen LogP contribution in [0.1, 0.15) is 31.0 Å². The first-order valence-electron chi connectivity index (χ1n) is 12.8. The van der Waals surface area contributed by atoms with Gasteiger partial charge in [-0.2, -0.15) is 0 Å². The highest BCUT2D eigenvalue weighted by molar-refractivity contribution is 9.10. The van der Waals surface area contributed by atoms with Crippen LogP contribution in [0.25, 0.3) is 6.08 Å². The van der Waals surface area contributed by atoms with Gasteiger partial charge in [0.1, 0.15) is 5.75 Å². The summed E-state index contributed by atoms with van der Waals surface area (Å²) < 4.78 is 13.2. The van der Waals surface area contributed by atoms with Gasteiger partial charge in [0.25, 0.3) is 11.2 Å². The molecule has 0 spiro atoms. The zero-order chi connectivity index (χ0) is 30.0. The number of nitrogens with zero attached hydrogens (tertiary/aromatic N) is 3. The number of thiazole rings is 1. The van der Waals surface area contributed by atoms with Crippen LogP contribution >= 0.6 is 39.0 Å². The number of non-ortho nitro benzene ring substituents is 1. The van der Waals surface area contributed by atoms with E-state index in [9.17, 15) is 19.7 Å². The summed E-state index contributed by atoms with van der Waals surface area (Å²) in [5.41, 5.74) is 1.40. The molecule has 2 heterocycles. The van der Waals surface area contributed by atoms with E-state index in [1.54, 1.807) is 51.3 Å². The summed E-state index contributed by atoms with van der Waals surface area (Å²) in [5, 5.41) is 11.6. The molecular formula is C30H24BrN3O6S2.